The summed E-state index contributed by atoms with van der Waals surface area (Å²) in [7, 11) is 0. The Balaban J connectivity index is 1.87. The number of hydrazone groups is 1. The number of tetrazole rings is 1. The average molecular weight is 327 g/mol. The van der Waals surface area contributed by atoms with Crippen LogP contribution in [0.4, 0.5) is 5.95 Å². The van der Waals surface area contributed by atoms with E-state index in [9.17, 15) is 4.79 Å². The van der Waals surface area contributed by atoms with Crippen LogP contribution in [-0.2, 0) is 11.3 Å². The van der Waals surface area contributed by atoms with Gasteiger partial charge in [-0.3, -0.25) is 4.79 Å². The molecule has 0 aliphatic rings. The monoisotopic (exact) mass is 327 g/mol. The summed E-state index contributed by atoms with van der Waals surface area (Å²) in [6.07, 6.45) is 3.57. The number of rotatable bonds is 6. The summed E-state index contributed by atoms with van der Waals surface area (Å²) >= 11 is 0. The van der Waals surface area contributed by atoms with Crippen molar-refractivity contribution in [2.75, 3.05) is 5.73 Å². The molecule has 0 aliphatic heterocycles. The van der Waals surface area contributed by atoms with Crippen molar-refractivity contribution in [3.8, 4) is 0 Å². The van der Waals surface area contributed by atoms with Crippen molar-refractivity contribution in [1.82, 2.24) is 25.6 Å². The molecule has 1 amide bonds. The molecule has 0 fully saturated rings. The minimum absolute atomic E-state index is 0.0218. The molecule has 0 saturated carbocycles. The van der Waals surface area contributed by atoms with Gasteiger partial charge in [-0.1, -0.05) is 49.3 Å². The molecule has 24 heavy (non-hydrogen) atoms. The van der Waals surface area contributed by atoms with E-state index in [-0.39, 0.29) is 18.4 Å². The smallest absolute Gasteiger partial charge is 0.263 e. The number of hydrogen-bond donors (Lipinski definition) is 2. The number of hydrogen-bond acceptors (Lipinski definition) is 6. The molecule has 1 aromatic heterocycles. The van der Waals surface area contributed by atoms with Crippen LogP contribution >= 0.6 is 0 Å². The maximum Gasteiger partial charge on any atom is 0.263 e. The Hall–Kier alpha value is -3.03. The molecule has 0 unspecified atom stereocenters. The van der Waals surface area contributed by atoms with Crippen LogP contribution in [0.25, 0.3) is 6.08 Å². The predicted molar refractivity (Wildman–Crippen MR) is 93.0 cm³/mol. The first-order valence-corrected chi connectivity index (χ1v) is 7.57. The Bertz CT molecular complexity index is 744. The van der Waals surface area contributed by atoms with E-state index < -0.39 is 0 Å². The Morgan fingerprint density at radius 2 is 2.08 bits per heavy atom. The summed E-state index contributed by atoms with van der Waals surface area (Å²) in [5, 5.41) is 14.7. The van der Waals surface area contributed by atoms with E-state index in [0.29, 0.717) is 5.92 Å². The lowest BCUT2D eigenvalue weighted by molar-refractivity contribution is -0.122. The number of allylic oxidation sites excluding steroid dienone is 1. The van der Waals surface area contributed by atoms with Crippen molar-refractivity contribution in [3.63, 3.8) is 0 Å². The number of anilines is 1. The summed E-state index contributed by atoms with van der Waals surface area (Å²) in [6, 6.07) is 8.34. The largest absolute Gasteiger partial charge is 0.365 e. The zero-order valence-electron chi connectivity index (χ0n) is 14.0. The first-order chi connectivity index (χ1) is 11.4. The van der Waals surface area contributed by atoms with Crippen molar-refractivity contribution < 1.29 is 4.79 Å². The molecule has 0 saturated heterocycles. The summed E-state index contributed by atoms with van der Waals surface area (Å²) in [5.41, 5.74) is 11.0. The van der Waals surface area contributed by atoms with Crippen molar-refractivity contribution in [2.24, 2.45) is 5.10 Å². The van der Waals surface area contributed by atoms with Gasteiger partial charge >= 0.3 is 0 Å². The normalized spacial score (nSPS) is 12.1. The van der Waals surface area contributed by atoms with Crippen LogP contribution in [0.15, 0.2) is 34.9 Å². The number of carbonyl (C=O) groups excluding carboxylic acids is 1. The fraction of sp³-hybridized carbons (Fsp3) is 0.312. The number of nitrogens with two attached hydrogens (primary N) is 1. The molecule has 0 aliphatic carbocycles. The van der Waals surface area contributed by atoms with Gasteiger partial charge in [0.15, 0.2) is 0 Å². The van der Waals surface area contributed by atoms with E-state index in [1.807, 2.05) is 13.0 Å². The number of amides is 1. The van der Waals surface area contributed by atoms with Crippen molar-refractivity contribution >= 4 is 24.1 Å². The van der Waals surface area contributed by atoms with Crippen LogP contribution in [0.1, 0.15) is 37.8 Å². The number of carbonyl (C=O) groups is 1. The zero-order chi connectivity index (χ0) is 17.5. The van der Waals surface area contributed by atoms with Gasteiger partial charge in [-0.2, -0.15) is 9.90 Å². The lowest BCUT2D eigenvalue weighted by Gasteiger charge is -2.05. The topological polar surface area (TPSA) is 111 Å². The predicted octanol–water partition coefficient (Wildman–Crippen LogP) is 1.58. The van der Waals surface area contributed by atoms with Gasteiger partial charge in [0, 0.05) is 0 Å². The van der Waals surface area contributed by atoms with Crippen LogP contribution in [0, 0.1) is 0 Å². The fourth-order valence-corrected chi connectivity index (χ4v) is 1.97. The first kappa shape index (κ1) is 17.3. The molecule has 8 heteroatoms. The Morgan fingerprint density at radius 3 is 2.67 bits per heavy atom. The number of aromatic nitrogens is 4. The SMILES string of the molecule is CC(/C=N/NC(=O)Cn1nnc(N)n1)=C\c1ccc(C(C)C)cc1. The van der Waals surface area contributed by atoms with Crippen LogP contribution in [0.3, 0.4) is 0 Å². The van der Waals surface area contributed by atoms with Gasteiger partial charge in [0.25, 0.3) is 11.9 Å². The van der Waals surface area contributed by atoms with Crippen LogP contribution in [0.5, 0.6) is 0 Å². The molecular formula is C16H21N7O. The molecule has 1 aromatic carbocycles. The third kappa shape index (κ3) is 5.31. The molecule has 0 radical (unpaired) electrons. The van der Waals surface area contributed by atoms with Gasteiger partial charge in [0.2, 0.25) is 0 Å². The lowest BCUT2D eigenvalue weighted by atomic mass is 10.0. The van der Waals surface area contributed by atoms with Crippen LogP contribution in [0.2, 0.25) is 0 Å². The second kappa shape index (κ2) is 8.00. The molecule has 2 rings (SSSR count). The van der Waals surface area contributed by atoms with Gasteiger partial charge in [-0.25, -0.2) is 5.43 Å². The molecular weight excluding hydrogens is 306 g/mol. The third-order valence-corrected chi connectivity index (χ3v) is 3.21. The van der Waals surface area contributed by atoms with Gasteiger partial charge in [-0.05, 0) is 34.8 Å². The van der Waals surface area contributed by atoms with E-state index in [1.54, 1.807) is 6.21 Å². The van der Waals surface area contributed by atoms with Gasteiger partial charge in [0.1, 0.15) is 6.54 Å². The van der Waals surface area contributed by atoms with E-state index in [2.05, 4.69) is 64.1 Å². The van der Waals surface area contributed by atoms with E-state index in [1.165, 1.54) is 5.56 Å². The second-order valence-corrected chi connectivity index (χ2v) is 5.68. The van der Waals surface area contributed by atoms with E-state index in [4.69, 9.17) is 5.73 Å². The van der Waals surface area contributed by atoms with Crippen molar-refractivity contribution in [2.45, 2.75) is 33.2 Å². The number of nitrogen functional groups attached to an aromatic ring is 1. The highest BCUT2D eigenvalue weighted by molar-refractivity contribution is 5.86. The van der Waals surface area contributed by atoms with E-state index >= 15 is 0 Å². The van der Waals surface area contributed by atoms with E-state index in [0.717, 1.165) is 15.9 Å². The van der Waals surface area contributed by atoms with Crippen LogP contribution in [-0.4, -0.2) is 32.3 Å². The highest BCUT2D eigenvalue weighted by Crippen LogP contribution is 2.15. The van der Waals surface area contributed by atoms with Crippen molar-refractivity contribution in [1.29, 1.82) is 0 Å². The molecule has 0 bridgehead atoms. The Labute approximate surface area is 140 Å². The Kier molecular flexibility index (Phi) is 5.78. The van der Waals surface area contributed by atoms with Crippen molar-refractivity contribution in [3.05, 3.63) is 41.0 Å². The molecule has 2 aromatic rings. The minimum atomic E-state index is -0.363. The molecule has 8 nitrogen and oxygen atoms in total. The summed E-state index contributed by atoms with van der Waals surface area (Å²) in [4.78, 5) is 12.7. The average Bonchev–Trinajstić information content (AvgIpc) is 2.92. The lowest BCUT2D eigenvalue weighted by Crippen LogP contribution is -2.24. The van der Waals surface area contributed by atoms with Gasteiger partial charge in [-0.15, -0.1) is 5.10 Å². The number of nitrogens with one attached hydrogen (secondary N) is 1. The molecule has 0 atom stereocenters. The number of nitrogens with zero attached hydrogens (tertiary/aromatic N) is 5. The highest BCUT2D eigenvalue weighted by Gasteiger charge is 2.04. The van der Waals surface area contributed by atoms with Crippen LogP contribution < -0.4 is 11.2 Å². The summed E-state index contributed by atoms with van der Waals surface area (Å²) < 4.78 is 0. The second-order valence-electron chi connectivity index (χ2n) is 5.68. The summed E-state index contributed by atoms with van der Waals surface area (Å²) in [6.45, 7) is 6.13. The maximum absolute atomic E-state index is 11.6. The molecule has 3 N–H and O–H groups in total. The zero-order valence-corrected chi connectivity index (χ0v) is 14.0. The molecule has 126 valence electrons. The summed E-state index contributed by atoms with van der Waals surface area (Å²) in [5.74, 6) is 0.169. The third-order valence-electron chi connectivity index (χ3n) is 3.21. The maximum atomic E-state index is 11.6. The molecule has 1 heterocycles. The standard InChI is InChI=1S/C16H21N7O/c1-11(2)14-6-4-13(5-7-14)8-12(3)9-18-19-15(24)10-23-21-16(17)20-22-23/h4-9,11H,10H2,1-3H3,(H2,17,21)(H,19,24)/b12-8+,18-9+. The van der Waals surface area contributed by atoms with Gasteiger partial charge in [0.05, 0.1) is 6.21 Å². The highest BCUT2D eigenvalue weighted by atomic mass is 16.2. The van der Waals surface area contributed by atoms with Gasteiger partial charge < -0.3 is 5.73 Å². The quantitative estimate of drug-likeness (QED) is 0.618. The molecule has 0 spiro atoms. The fourth-order valence-electron chi connectivity index (χ4n) is 1.97. The Morgan fingerprint density at radius 1 is 1.38 bits per heavy atom. The first-order valence-electron chi connectivity index (χ1n) is 7.57. The number of benzene rings is 1. The minimum Gasteiger partial charge on any atom is -0.365 e.